The Hall–Kier alpha value is -0.910. The normalized spacial score (nSPS) is 19.6. The molecule has 2 heterocycles. The maximum absolute atomic E-state index is 12.4. The summed E-state index contributed by atoms with van der Waals surface area (Å²) in [6.45, 7) is 13.3. The van der Waals surface area contributed by atoms with Crippen molar-refractivity contribution < 1.29 is 8.42 Å². The lowest BCUT2D eigenvalue weighted by Gasteiger charge is -2.35. The molecule has 1 N–H and O–H groups in total. The van der Waals surface area contributed by atoms with E-state index in [1.807, 2.05) is 26.0 Å². The average Bonchev–Trinajstić information content (AvgIpc) is 2.71. The van der Waals surface area contributed by atoms with E-state index in [0.29, 0.717) is 10.8 Å². The van der Waals surface area contributed by atoms with Crippen molar-refractivity contribution >= 4 is 9.84 Å². The van der Waals surface area contributed by atoms with Crippen LogP contribution in [0.5, 0.6) is 0 Å². The summed E-state index contributed by atoms with van der Waals surface area (Å²) >= 11 is 0. The Morgan fingerprint density at radius 2 is 1.68 bits per heavy atom. The van der Waals surface area contributed by atoms with Crippen molar-refractivity contribution in [3.05, 3.63) is 29.8 Å². The van der Waals surface area contributed by atoms with E-state index in [-0.39, 0.29) is 12.7 Å². The third-order valence-electron chi connectivity index (χ3n) is 5.84. The molecule has 162 valence electrons. The number of hydrogen-bond donors (Lipinski definition) is 1. The van der Waals surface area contributed by atoms with Crippen LogP contribution in [0.25, 0.3) is 0 Å². The molecular weight excluding hydrogens is 368 g/mol. The molecule has 1 aromatic carbocycles. The number of likely N-dealkylation sites (tertiary alicyclic amines) is 1. The van der Waals surface area contributed by atoms with Gasteiger partial charge in [-0.2, -0.15) is 0 Å². The van der Waals surface area contributed by atoms with E-state index < -0.39 is 9.84 Å². The van der Waals surface area contributed by atoms with E-state index in [2.05, 4.69) is 16.3 Å². The molecule has 2 saturated heterocycles. The summed E-state index contributed by atoms with van der Waals surface area (Å²) in [6.07, 6.45) is 4.87. The third-order valence-corrected chi connectivity index (χ3v) is 7.99. The Morgan fingerprint density at radius 3 is 2.25 bits per heavy atom. The second-order valence-corrected chi connectivity index (χ2v) is 10.4. The number of nitrogens with zero attached hydrogens (tertiary/aromatic N) is 1. The van der Waals surface area contributed by atoms with Crippen LogP contribution in [0.15, 0.2) is 29.2 Å². The quantitative estimate of drug-likeness (QED) is 0.764. The summed E-state index contributed by atoms with van der Waals surface area (Å²) in [6, 6.07) is 7.67. The smallest absolute Gasteiger partial charge is 0.180 e. The Balaban J connectivity index is 0.00000127. The van der Waals surface area contributed by atoms with Crippen LogP contribution in [0.1, 0.15) is 72.3 Å². The van der Waals surface area contributed by atoms with Gasteiger partial charge in [-0.05, 0) is 95.2 Å². The summed E-state index contributed by atoms with van der Waals surface area (Å²) in [5, 5.41) is 3.07. The summed E-state index contributed by atoms with van der Waals surface area (Å²) in [5.74, 6) is 1.34. The van der Waals surface area contributed by atoms with E-state index >= 15 is 0 Å². The lowest BCUT2D eigenvalue weighted by Crippen LogP contribution is -2.39. The molecule has 28 heavy (non-hydrogen) atoms. The van der Waals surface area contributed by atoms with E-state index in [4.69, 9.17) is 0 Å². The average molecular weight is 411 g/mol. The van der Waals surface area contributed by atoms with Crippen molar-refractivity contribution in [3.8, 4) is 0 Å². The molecule has 0 spiro atoms. The van der Waals surface area contributed by atoms with E-state index in [9.17, 15) is 8.42 Å². The zero-order chi connectivity index (χ0) is 19.9. The van der Waals surface area contributed by atoms with E-state index in [1.54, 1.807) is 19.9 Å². The van der Waals surface area contributed by atoms with Crippen molar-refractivity contribution in [2.24, 2.45) is 5.92 Å². The van der Waals surface area contributed by atoms with Crippen molar-refractivity contribution in [2.75, 3.05) is 32.7 Å². The minimum Gasteiger partial charge on any atom is -0.317 e. The van der Waals surface area contributed by atoms with Crippen LogP contribution in [0.3, 0.4) is 0 Å². The number of nitrogens with one attached hydrogen (secondary N) is 1. The Bertz CT molecular complexity index is 659. The minimum atomic E-state index is -3.18. The van der Waals surface area contributed by atoms with Gasteiger partial charge in [-0.15, -0.1) is 0 Å². The van der Waals surface area contributed by atoms with Gasteiger partial charge in [-0.25, -0.2) is 8.42 Å². The van der Waals surface area contributed by atoms with Crippen molar-refractivity contribution in [2.45, 2.75) is 76.9 Å². The fraction of sp³-hybridized carbons (Fsp3) is 0.739. The highest BCUT2D eigenvalue weighted by atomic mass is 32.2. The van der Waals surface area contributed by atoms with Gasteiger partial charge in [0, 0.05) is 6.54 Å². The zero-order valence-electron chi connectivity index (χ0n) is 17.6. The molecule has 0 radical (unpaired) electrons. The molecule has 0 amide bonds. The van der Waals surface area contributed by atoms with Crippen LogP contribution in [0.2, 0.25) is 0 Å². The molecule has 3 rings (SSSR count). The zero-order valence-corrected chi connectivity index (χ0v) is 18.4. The molecule has 2 fully saturated rings. The number of hydrogen-bond acceptors (Lipinski definition) is 4. The first-order chi connectivity index (χ1) is 13.0. The predicted octanol–water partition coefficient (Wildman–Crippen LogP) is 4.71. The van der Waals surface area contributed by atoms with Crippen LogP contribution in [-0.4, -0.2) is 51.3 Å². The summed E-state index contributed by atoms with van der Waals surface area (Å²) in [4.78, 5) is 3.10. The minimum absolute atomic E-state index is 0. The second-order valence-electron chi connectivity index (χ2n) is 7.93. The van der Waals surface area contributed by atoms with Gasteiger partial charge in [-0.1, -0.05) is 33.4 Å². The van der Waals surface area contributed by atoms with Gasteiger partial charge >= 0.3 is 0 Å². The maximum Gasteiger partial charge on any atom is 0.180 e. The van der Waals surface area contributed by atoms with E-state index in [1.165, 1.54) is 24.9 Å². The molecule has 0 aliphatic carbocycles. The van der Waals surface area contributed by atoms with Gasteiger partial charge in [-0.3, -0.25) is 0 Å². The molecule has 0 aromatic heterocycles. The fourth-order valence-corrected chi connectivity index (χ4v) is 5.21. The third kappa shape index (κ3) is 6.57. The lowest BCUT2D eigenvalue weighted by molar-refractivity contribution is 0.167. The monoisotopic (exact) mass is 410 g/mol. The maximum atomic E-state index is 12.4. The topological polar surface area (TPSA) is 49.4 Å². The Morgan fingerprint density at radius 1 is 1.07 bits per heavy atom. The van der Waals surface area contributed by atoms with Gasteiger partial charge in [0.15, 0.2) is 9.84 Å². The SMILES string of the molecule is C.CC.CC(C)S(=O)(=O)c1cccc(C2CCN(CC3CCNCC3)CC2)c1. The lowest BCUT2D eigenvalue weighted by atomic mass is 9.88. The number of piperidine rings is 2. The van der Waals surface area contributed by atoms with Gasteiger partial charge in [0.25, 0.3) is 0 Å². The Kier molecular flexibility index (Phi) is 10.7. The van der Waals surface area contributed by atoms with Gasteiger partial charge in [0.2, 0.25) is 0 Å². The molecule has 0 bridgehead atoms. The van der Waals surface area contributed by atoms with Gasteiger partial charge < -0.3 is 10.2 Å². The molecule has 4 nitrogen and oxygen atoms in total. The van der Waals surface area contributed by atoms with Crippen LogP contribution in [0, 0.1) is 5.92 Å². The first-order valence-electron chi connectivity index (χ1n) is 10.7. The molecule has 1 aromatic rings. The van der Waals surface area contributed by atoms with Crippen molar-refractivity contribution in [3.63, 3.8) is 0 Å². The molecule has 5 heteroatoms. The van der Waals surface area contributed by atoms with Crippen molar-refractivity contribution in [1.29, 1.82) is 0 Å². The molecule has 2 aliphatic heterocycles. The predicted molar refractivity (Wildman–Crippen MR) is 121 cm³/mol. The van der Waals surface area contributed by atoms with Gasteiger partial charge in [0.05, 0.1) is 10.1 Å². The van der Waals surface area contributed by atoms with E-state index in [0.717, 1.165) is 44.9 Å². The largest absolute Gasteiger partial charge is 0.317 e. The second kappa shape index (κ2) is 11.9. The molecule has 2 aliphatic rings. The summed E-state index contributed by atoms with van der Waals surface area (Å²) in [7, 11) is -3.18. The van der Waals surface area contributed by atoms with Crippen LogP contribution in [-0.2, 0) is 9.84 Å². The van der Waals surface area contributed by atoms with Crippen molar-refractivity contribution in [1.82, 2.24) is 10.2 Å². The standard InChI is InChI=1S/C20H32N2O2S.C2H6.CH4/c1-16(2)25(23,24)20-5-3-4-19(14-20)18-8-12-22(13-9-18)15-17-6-10-21-11-7-17;1-2;/h3-5,14,16-18,21H,6-13,15H2,1-2H3;1-2H3;1H4. The first-order valence-corrected chi connectivity index (χ1v) is 12.3. The highest BCUT2D eigenvalue weighted by molar-refractivity contribution is 7.92. The highest BCUT2D eigenvalue weighted by Gasteiger charge is 2.25. The molecule has 0 saturated carbocycles. The van der Waals surface area contributed by atoms with Crippen LogP contribution < -0.4 is 5.32 Å². The van der Waals surface area contributed by atoms with Crippen LogP contribution >= 0.6 is 0 Å². The first kappa shape index (κ1) is 25.1. The number of benzene rings is 1. The number of sulfone groups is 1. The molecule has 0 atom stereocenters. The molecular formula is C23H42N2O2S. The summed E-state index contributed by atoms with van der Waals surface area (Å²) in [5.41, 5.74) is 1.20. The molecule has 0 unspecified atom stereocenters. The number of rotatable bonds is 5. The van der Waals surface area contributed by atoms with Crippen LogP contribution in [0.4, 0.5) is 0 Å². The summed E-state index contributed by atoms with van der Waals surface area (Å²) < 4.78 is 24.9. The Labute approximate surface area is 174 Å². The van der Waals surface area contributed by atoms with Gasteiger partial charge in [0.1, 0.15) is 0 Å². The highest BCUT2D eigenvalue weighted by Crippen LogP contribution is 2.30. The fourth-order valence-electron chi connectivity index (χ4n) is 4.10.